The zero-order valence-electron chi connectivity index (χ0n) is 12.5. The summed E-state index contributed by atoms with van der Waals surface area (Å²) in [5.41, 5.74) is 1.16. The molecule has 2 rings (SSSR count). The average molecular weight is 263 g/mol. The number of piperazine rings is 1. The van der Waals surface area contributed by atoms with Crippen molar-refractivity contribution in [2.24, 2.45) is 0 Å². The molecule has 0 spiro atoms. The Labute approximate surface area is 116 Å². The third-order valence-corrected chi connectivity index (χ3v) is 3.95. The molecule has 0 bridgehead atoms. The lowest BCUT2D eigenvalue weighted by Gasteiger charge is -2.40. The lowest BCUT2D eigenvalue weighted by molar-refractivity contribution is 0.213. The molecule has 0 aliphatic carbocycles. The molecule has 5 heteroatoms. The minimum absolute atomic E-state index is 0.616. The maximum Gasteiger partial charge on any atom is 0.137 e. The molecular weight excluding hydrogens is 238 g/mol. The van der Waals surface area contributed by atoms with Crippen LogP contribution >= 0.6 is 0 Å². The monoisotopic (exact) mass is 263 g/mol. The number of likely N-dealkylation sites (N-methyl/N-ethyl adjacent to an activating group) is 1. The van der Waals surface area contributed by atoms with Crippen LogP contribution in [0.2, 0.25) is 0 Å². The van der Waals surface area contributed by atoms with Gasteiger partial charge in [0.05, 0.1) is 0 Å². The first-order valence-electron chi connectivity index (χ1n) is 7.18. The molecule has 19 heavy (non-hydrogen) atoms. The maximum atomic E-state index is 4.49. The van der Waals surface area contributed by atoms with Gasteiger partial charge in [0.25, 0.3) is 0 Å². The first-order valence-corrected chi connectivity index (χ1v) is 7.18. The standard InChI is InChI=1S/C14H25N5/c1-5-12-9-19(8-7-18(12)4)14-11(3)13(15-6-2)16-10-17-14/h10,12H,5-9H2,1-4H3,(H,15,16,17). The van der Waals surface area contributed by atoms with Crippen molar-refractivity contribution in [2.75, 3.05) is 43.4 Å². The van der Waals surface area contributed by atoms with Crippen LogP contribution in [0.15, 0.2) is 6.33 Å². The summed E-state index contributed by atoms with van der Waals surface area (Å²) in [5.74, 6) is 2.04. The molecular formula is C14H25N5. The molecule has 0 aromatic carbocycles. The molecule has 1 N–H and O–H groups in total. The van der Waals surface area contributed by atoms with Crippen molar-refractivity contribution in [1.82, 2.24) is 14.9 Å². The molecule has 1 aromatic heterocycles. The van der Waals surface area contributed by atoms with Crippen molar-refractivity contribution in [1.29, 1.82) is 0 Å². The van der Waals surface area contributed by atoms with Crippen LogP contribution in [-0.4, -0.2) is 54.1 Å². The average Bonchev–Trinajstić information content (AvgIpc) is 2.42. The molecule has 1 fully saturated rings. The topological polar surface area (TPSA) is 44.3 Å². The minimum atomic E-state index is 0.616. The first-order chi connectivity index (χ1) is 9.17. The second-order valence-corrected chi connectivity index (χ2v) is 5.19. The Morgan fingerprint density at radius 3 is 2.79 bits per heavy atom. The van der Waals surface area contributed by atoms with Gasteiger partial charge in [-0.1, -0.05) is 6.92 Å². The Bertz CT molecular complexity index is 420. The van der Waals surface area contributed by atoms with Crippen molar-refractivity contribution in [3.63, 3.8) is 0 Å². The van der Waals surface area contributed by atoms with E-state index in [-0.39, 0.29) is 0 Å². The van der Waals surface area contributed by atoms with Crippen molar-refractivity contribution < 1.29 is 0 Å². The number of nitrogens with one attached hydrogen (secondary N) is 1. The van der Waals surface area contributed by atoms with Crippen LogP contribution in [0.5, 0.6) is 0 Å². The molecule has 1 aliphatic rings. The zero-order valence-corrected chi connectivity index (χ0v) is 12.5. The summed E-state index contributed by atoms with van der Waals surface area (Å²) < 4.78 is 0. The Morgan fingerprint density at radius 1 is 1.32 bits per heavy atom. The molecule has 5 nitrogen and oxygen atoms in total. The number of rotatable bonds is 4. The first kappa shape index (κ1) is 14.1. The lowest BCUT2D eigenvalue weighted by atomic mass is 10.1. The summed E-state index contributed by atoms with van der Waals surface area (Å²) in [5, 5.41) is 3.30. The van der Waals surface area contributed by atoms with Crippen molar-refractivity contribution in [2.45, 2.75) is 33.2 Å². The summed E-state index contributed by atoms with van der Waals surface area (Å²) in [7, 11) is 2.21. The largest absolute Gasteiger partial charge is 0.370 e. The third kappa shape index (κ3) is 2.97. The third-order valence-electron chi connectivity index (χ3n) is 3.95. The van der Waals surface area contributed by atoms with E-state index in [2.05, 4.69) is 52.9 Å². The van der Waals surface area contributed by atoms with E-state index in [1.54, 1.807) is 6.33 Å². The van der Waals surface area contributed by atoms with E-state index in [0.29, 0.717) is 6.04 Å². The normalized spacial score (nSPS) is 20.6. The second kappa shape index (κ2) is 6.19. The Hall–Kier alpha value is -1.36. The zero-order chi connectivity index (χ0) is 13.8. The van der Waals surface area contributed by atoms with Crippen LogP contribution < -0.4 is 10.2 Å². The number of anilines is 2. The highest BCUT2D eigenvalue weighted by Gasteiger charge is 2.25. The van der Waals surface area contributed by atoms with Crippen LogP contribution in [0.3, 0.4) is 0 Å². The molecule has 0 amide bonds. The second-order valence-electron chi connectivity index (χ2n) is 5.19. The van der Waals surface area contributed by atoms with Crippen LogP contribution in [-0.2, 0) is 0 Å². The van der Waals surface area contributed by atoms with Gasteiger partial charge in [-0.05, 0) is 27.3 Å². The van der Waals surface area contributed by atoms with Gasteiger partial charge in [0.15, 0.2) is 0 Å². The molecule has 106 valence electrons. The summed E-state index contributed by atoms with van der Waals surface area (Å²) in [6, 6.07) is 0.616. The number of hydrogen-bond acceptors (Lipinski definition) is 5. The molecule has 2 heterocycles. The molecule has 0 radical (unpaired) electrons. The Kier molecular flexibility index (Phi) is 4.58. The number of aromatic nitrogens is 2. The fourth-order valence-electron chi connectivity index (χ4n) is 2.68. The van der Waals surface area contributed by atoms with E-state index >= 15 is 0 Å². The molecule has 0 saturated carbocycles. The van der Waals surface area contributed by atoms with Gasteiger partial charge in [-0.15, -0.1) is 0 Å². The van der Waals surface area contributed by atoms with Crippen LogP contribution in [0.4, 0.5) is 11.6 Å². The molecule has 1 aromatic rings. The summed E-state index contributed by atoms with van der Waals surface area (Å²) >= 11 is 0. The fraction of sp³-hybridized carbons (Fsp3) is 0.714. The van der Waals surface area contributed by atoms with Gasteiger partial charge in [0.2, 0.25) is 0 Å². The molecule has 1 atom stereocenters. The van der Waals surface area contributed by atoms with E-state index < -0.39 is 0 Å². The highest BCUT2D eigenvalue weighted by atomic mass is 15.3. The fourth-order valence-corrected chi connectivity index (χ4v) is 2.68. The Balaban J connectivity index is 2.20. The van der Waals surface area contributed by atoms with Gasteiger partial charge >= 0.3 is 0 Å². The predicted octanol–water partition coefficient (Wildman–Crippen LogP) is 1.75. The predicted molar refractivity (Wildman–Crippen MR) is 79.9 cm³/mol. The van der Waals surface area contributed by atoms with Crippen LogP contribution in [0.25, 0.3) is 0 Å². The molecule has 1 aliphatic heterocycles. The van der Waals surface area contributed by atoms with Crippen LogP contribution in [0.1, 0.15) is 25.8 Å². The summed E-state index contributed by atoms with van der Waals surface area (Å²) in [4.78, 5) is 13.7. The van der Waals surface area contributed by atoms with E-state index in [0.717, 1.165) is 43.4 Å². The van der Waals surface area contributed by atoms with E-state index in [4.69, 9.17) is 0 Å². The number of hydrogen-bond donors (Lipinski definition) is 1. The lowest BCUT2D eigenvalue weighted by Crippen LogP contribution is -2.51. The quantitative estimate of drug-likeness (QED) is 0.896. The van der Waals surface area contributed by atoms with Gasteiger partial charge in [-0.3, -0.25) is 4.90 Å². The maximum absolute atomic E-state index is 4.49. The highest BCUT2D eigenvalue weighted by molar-refractivity contribution is 5.58. The highest BCUT2D eigenvalue weighted by Crippen LogP contribution is 2.24. The SMILES string of the molecule is CCNc1ncnc(N2CCN(C)C(CC)C2)c1C. The van der Waals surface area contributed by atoms with Gasteiger partial charge in [0, 0.05) is 37.8 Å². The van der Waals surface area contributed by atoms with Gasteiger partial charge in [-0.25, -0.2) is 9.97 Å². The van der Waals surface area contributed by atoms with Gasteiger partial charge in [0.1, 0.15) is 18.0 Å². The number of nitrogens with zero attached hydrogens (tertiary/aromatic N) is 4. The minimum Gasteiger partial charge on any atom is -0.370 e. The van der Waals surface area contributed by atoms with Crippen molar-refractivity contribution in [3.8, 4) is 0 Å². The van der Waals surface area contributed by atoms with E-state index in [9.17, 15) is 0 Å². The molecule has 1 saturated heterocycles. The van der Waals surface area contributed by atoms with Crippen LogP contribution in [0, 0.1) is 6.92 Å². The summed E-state index contributed by atoms with van der Waals surface area (Å²) in [6.45, 7) is 10.5. The van der Waals surface area contributed by atoms with E-state index in [1.807, 2.05) is 0 Å². The van der Waals surface area contributed by atoms with Gasteiger partial charge in [-0.2, -0.15) is 0 Å². The smallest absolute Gasteiger partial charge is 0.137 e. The van der Waals surface area contributed by atoms with Gasteiger partial charge < -0.3 is 10.2 Å². The molecule has 1 unspecified atom stereocenters. The Morgan fingerprint density at radius 2 is 2.11 bits per heavy atom. The summed E-state index contributed by atoms with van der Waals surface area (Å²) in [6.07, 6.45) is 2.84. The van der Waals surface area contributed by atoms with Crippen molar-refractivity contribution in [3.05, 3.63) is 11.9 Å². The van der Waals surface area contributed by atoms with E-state index in [1.165, 1.54) is 6.42 Å². The van der Waals surface area contributed by atoms with Crippen molar-refractivity contribution >= 4 is 11.6 Å².